The van der Waals surface area contributed by atoms with Crippen LogP contribution in [0.1, 0.15) is 31.2 Å². The maximum atomic E-state index is 13.4. The number of esters is 1. The van der Waals surface area contributed by atoms with Crippen LogP contribution in [0.15, 0.2) is 40.3 Å². The first-order chi connectivity index (χ1) is 13.4. The Balaban J connectivity index is 1.80. The first-order valence-corrected chi connectivity index (χ1v) is 11.2. The standard InChI is InChI=1S/C21H25NO5S/c1-13-3-6-16(7-4-13)28(25,26)22-10-9-14-5-8-17-18(21(24)27-2)11-15(12-23)20(22)19(14)17/h3-4,6-7,12,14-15,18,20H,5,8-11H2,1-2H3/t14-,15-,18-,20+/m0/s1. The maximum Gasteiger partial charge on any atom is 0.312 e. The smallest absolute Gasteiger partial charge is 0.312 e. The highest BCUT2D eigenvalue weighted by Crippen LogP contribution is 2.51. The van der Waals surface area contributed by atoms with E-state index in [1.54, 1.807) is 24.3 Å². The van der Waals surface area contributed by atoms with Gasteiger partial charge in [0.2, 0.25) is 10.0 Å². The minimum absolute atomic E-state index is 0.247. The number of aryl methyl sites for hydroxylation is 1. The van der Waals surface area contributed by atoms with Crippen LogP contribution < -0.4 is 0 Å². The largest absolute Gasteiger partial charge is 0.469 e. The zero-order chi connectivity index (χ0) is 20.1. The number of hydrogen-bond acceptors (Lipinski definition) is 5. The van der Waals surface area contributed by atoms with E-state index < -0.39 is 27.9 Å². The Bertz CT molecular complexity index is 934. The summed E-state index contributed by atoms with van der Waals surface area (Å²) in [5, 5.41) is 0. The quantitative estimate of drug-likeness (QED) is 0.438. The molecule has 1 heterocycles. The Morgan fingerprint density at radius 3 is 2.57 bits per heavy atom. The molecule has 3 aliphatic rings. The summed E-state index contributed by atoms with van der Waals surface area (Å²) in [5.74, 6) is -1.05. The molecule has 1 fully saturated rings. The molecule has 2 aliphatic carbocycles. The molecule has 0 N–H and O–H groups in total. The summed E-state index contributed by atoms with van der Waals surface area (Å²) >= 11 is 0. The Kier molecular flexibility index (Phi) is 4.91. The van der Waals surface area contributed by atoms with Crippen molar-refractivity contribution >= 4 is 22.3 Å². The van der Waals surface area contributed by atoms with Gasteiger partial charge in [0.05, 0.1) is 24.0 Å². The number of rotatable bonds is 4. The van der Waals surface area contributed by atoms with Crippen molar-refractivity contribution in [3.63, 3.8) is 0 Å². The molecule has 0 unspecified atom stereocenters. The van der Waals surface area contributed by atoms with Crippen molar-refractivity contribution in [1.29, 1.82) is 0 Å². The molecule has 1 aromatic carbocycles. The molecule has 0 aromatic heterocycles. The van der Waals surface area contributed by atoms with Gasteiger partial charge in [-0.2, -0.15) is 4.31 Å². The van der Waals surface area contributed by atoms with Gasteiger partial charge in [0.1, 0.15) is 6.29 Å². The van der Waals surface area contributed by atoms with Gasteiger partial charge >= 0.3 is 5.97 Å². The summed E-state index contributed by atoms with van der Waals surface area (Å²) < 4.78 is 33.3. The average molecular weight is 404 g/mol. The molecule has 0 bridgehead atoms. The summed E-state index contributed by atoms with van der Waals surface area (Å²) in [6.45, 7) is 2.31. The lowest BCUT2D eigenvalue weighted by atomic mass is 9.71. The monoisotopic (exact) mass is 403 g/mol. The van der Waals surface area contributed by atoms with Crippen molar-refractivity contribution in [3.8, 4) is 0 Å². The summed E-state index contributed by atoms with van der Waals surface area (Å²) in [7, 11) is -2.37. The van der Waals surface area contributed by atoms with Gasteiger partial charge in [-0.25, -0.2) is 8.42 Å². The predicted octanol–water partition coefficient (Wildman–Crippen LogP) is 2.47. The Labute approximate surface area is 165 Å². The number of hydrogen-bond donors (Lipinski definition) is 0. The number of nitrogens with zero attached hydrogens (tertiary/aromatic N) is 1. The molecule has 0 amide bonds. The van der Waals surface area contributed by atoms with Crippen LogP contribution >= 0.6 is 0 Å². The molecule has 4 rings (SSSR count). The maximum absolute atomic E-state index is 13.4. The van der Waals surface area contributed by atoms with E-state index >= 15 is 0 Å². The van der Waals surface area contributed by atoms with Crippen LogP contribution in [-0.4, -0.2) is 44.7 Å². The fraction of sp³-hybridized carbons (Fsp3) is 0.524. The number of benzene rings is 1. The molecule has 7 heteroatoms. The Morgan fingerprint density at radius 1 is 1.21 bits per heavy atom. The highest BCUT2D eigenvalue weighted by atomic mass is 32.2. The van der Waals surface area contributed by atoms with Gasteiger partial charge < -0.3 is 9.53 Å². The molecule has 1 saturated heterocycles. The average Bonchev–Trinajstić information content (AvgIpc) is 3.13. The minimum Gasteiger partial charge on any atom is -0.469 e. The van der Waals surface area contributed by atoms with E-state index in [0.717, 1.165) is 42.3 Å². The highest BCUT2D eigenvalue weighted by molar-refractivity contribution is 7.89. The lowest BCUT2D eigenvalue weighted by Gasteiger charge is -2.45. The third-order valence-electron chi connectivity index (χ3n) is 6.52. The van der Waals surface area contributed by atoms with Crippen molar-refractivity contribution in [2.24, 2.45) is 17.8 Å². The number of carbonyl (C=O) groups is 2. The van der Waals surface area contributed by atoms with E-state index in [9.17, 15) is 18.0 Å². The highest BCUT2D eigenvalue weighted by Gasteiger charge is 2.52. The second kappa shape index (κ2) is 7.12. The lowest BCUT2D eigenvalue weighted by Crippen LogP contribution is -2.53. The number of methoxy groups -OCH3 is 1. The SMILES string of the molecule is COC(=O)[C@H]1C[C@@H](C=O)[C@@H]2C3=C1CC[C@H]3CCN2S(=O)(=O)c1ccc(C)cc1. The van der Waals surface area contributed by atoms with Crippen molar-refractivity contribution in [2.75, 3.05) is 13.7 Å². The molecule has 4 atom stereocenters. The normalized spacial score (nSPS) is 30.1. The van der Waals surface area contributed by atoms with Gasteiger partial charge in [0.25, 0.3) is 0 Å². The molecular weight excluding hydrogens is 378 g/mol. The molecular formula is C21H25NO5S. The number of piperidine rings is 1. The molecule has 1 aliphatic heterocycles. The topological polar surface area (TPSA) is 80.8 Å². The van der Waals surface area contributed by atoms with Gasteiger partial charge in [-0.1, -0.05) is 23.3 Å². The second-order valence-corrected chi connectivity index (χ2v) is 9.88. The van der Waals surface area contributed by atoms with Crippen LogP contribution in [0.5, 0.6) is 0 Å². The fourth-order valence-corrected chi connectivity index (χ4v) is 6.85. The van der Waals surface area contributed by atoms with Crippen molar-refractivity contribution in [3.05, 3.63) is 41.0 Å². The van der Waals surface area contributed by atoms with E-state index in [4.69, 9.17) is 4.74 Å². The van der Waals surface area contributed by atoms with Crippen LogP contribution in [0.3, 0.4) is 0 Å². The predicted molar refractivity (Wildman–Crippen MR) is 103 cm³/mol. The Morgan fingerprint density at radius 2 is 1.93 bits per heavy atom. The molecule has 0 spiro atoms. The molecule has 0 saturated carbocycles. The number of aldehydes is 1. The molecule has 6 nitrogen and oxygen atoms in total. The van der Waals surface area contributed by atoms with E-state index in [1.165, 1.54) is 11.4 Å². The molecule has 28 heavy (non-hydrogen) atoms. The van der Waals surface area contributed by atoms with Gasteiger partial charge in [0.15, 0.2) is 0 Å². The van der Waals surface area contributed by atoms with Crippen LogP contribution in [-0.2, 0) is 24.3 Å². The minimum atomic E-state index is -3.73. The third kappa shape index (κ3) is 2.92. The van der Waals surface area contributed by atoms with E-state index in [0.29, 0.717) is 13.0 Å². The van der Waals surface area contributed by atoms with Crippen LogP contribution in [0.25, 0.3) is 0 Å². The summed E-state index contributed by atoms with van der Waals surface area (Å²) in [6.07, 6.45) is 3.55. The van der Waals surface area contributed by atoms with Gasteiger partial charge in [-0.05, 0) is 56.2 Å². The third-order valence-corrected chi connectivity index (χ3v) is 8.42. The summed E-state index contributed by atoms with van der Waals surface area (Å²) in [5.41, 5.74) is 2.99. The number of carbonyl (C=O) groups excluding carboxylic acids is 2. The molecule has 150 valence electrons. The van der Waals surface area contributed by atoms with Gasteiger partial charge in [-0.3, -0.25) is 4.79 Å². The summed E-state index contributed by atoms with van der Waals surface area (Å²) in [4.78, 5) is 24.5. The van der Waals surface area contributed by atoms with Gasteiger partial charge in [0, 0.05) is 12.5 Å². The van der Waals surface area contributed by atoms with Crippen LogP contribution in [0.4, 0.5) is 0 Å². The van der Waals surface area contributed by atoms with E-state index in [-0.39, 0.29) is 16.8 Å². The lowest BCUT2D eigenvalue weighted by molar-refractivity contribution is -0.145. The van der Waals surface area contributed by atoms with Crippen molar-refractivity contribution < 1.29 is 22.7 Å². The van der Waals surface area contributed by atoms with Gasteiger partial charge in [-0.15, -0.1) is 0 Å². The van der Waals surface area contributed by atoms with Crippen molar-refractivity contribution in [2.45, 2.75) is 43.5 Å². The zero-order valence-electron chi connectivity index (χ0n) is 16.1. The van der Waals surface area contributed by atoms with Crippen LogP contribution in [0.2, 0.25) is 0 Å². The fourth-order valence-electron chi connectivity index (χ4n) is 5.19. The zero-order valence-corrected chi connectivity index (χ0v) is 16.9. The van der Waals surface area contributed by atoms with E-state index in [2.05, 4.69) is 0 Å². The Hall–Kier alpha value is -1.99. The molecule has 0 radical (unpaired) electrons. The summed E-state index contributed by atoms with van der Waals surface area (Å²) in [6, 6.07) is 6.32. The first kappa shape index (κ1) is 19.3. The van der Waals surface area contributed by atoms with Crippen LogP contribution in [0, 0.1) is 24.7 Å². The number of ether oxygens (including phenoxy) is 1. The van der Waals surface area contributed by atoms with Crippen molar-refractivity contribution in [1.82, 2.24) is 4.31 Å². The first-order valence-electron chi connectivity index (χ1n) is 9.73. The number of sulfonamides is 1. The molecule has 1 aromatic rings. The second-order valence-electron chi connectivity index (χ2n) is 7.99. The van der Waals surface area contributed by atoms with E-state index in [1.807, 2.05) is 6.92 Å².